The Morgan fingerprint density at radius 3 is 2.58 bits per heavy atom. The molecule has 1 aliphatic rings. The lowest BCUT2D eigenvalue weighted by molar-refractivity contribution is 0.0766. The highest BCUT2D eigenvalue weighted by atomic mass is 19.1. The highest BCUT2D eigenvalue weighted by Gasteiger charge is 2.44. The van der Waals surface area contributed by atoms with Crippen LogP contribution in [-0.4, -0.2) is 23.8 Å². The molecule has 4 heteroatoms. The Balaban J connectivity index is 2.45. The maximum atomic E-state index is 14.0. The Morgan fingerprint density at radius 1 is 1.47 bits per heavy atom. The third-order valence-electron chi connectivity index (χ3n) is 4.11. The van der Waals surface area contributed by atoms with Gasteiger partial charge in [-0.05, 0) is 26.0 Å². The van der Waals surface area contributed by atoms with Gasteiger partial charge in [0, 0.05) is 23.2 Å². The molecule has 0 saturated carbocycles. The number of anilines is 1. The van der Waals surface area contributed by atoms with Crippen molar-refractivity contribution in [3.8, 4) is 6.07 Å². The van der Waals surface area contributed by atoms with Crippen LogP contribution in [0.5, 0.6) is 0 Å². The lowest BCUT2D eigenvalue weighted by atomic mass is 9.88. The zero-order valence-corrected chi connectivity index (χ0v) is 11.7. The van der Waals surface area contributed by atoms with E-state index in [2.05, 4.69) is 0 Å². The van der Waals surface area contributed by atoms with Gasteiger partial charge in [0.25, 0.3) is 0 Å². The van der Waals surface area contributed by atoms with Gasteiger partial charge in [-0.2, -0.15) is 5.26 Å². The zero-order valence-electron chi connectivity index (χ0n) is 11.7. The van der Waals surface area contributed by atoms with E-state index in [4.69, 9.17) is 5.26 Å². The topological polar surface area (TPSA) is 47.3 Å². The molecule has 1 fully saturated rings. The minimum atomic E-state index is -0.466. The standard InChI is InChI=1S/C15H19FN2O/c1-9-12(6-5-11(7-17)13(9)16)18-8-15(3,4)14(19)10(18)2/h5-6,10,14,19H,8H2,1-4H3/t10-,14-/m1/s1. The van der Waals surface area contributed by atoms with Crippen LogP contribution in [0, 0.1) is 29.5 Å². The van der Waals surface area contributed by atoms with Gasteiger partial charge in [-0.15, -0.1) is 0 Å². The molecule has 1 aliphatic heterocycles. The molecule has 0 aromatic heterocycles. The van der Waals surface area contributed by atoms with Crippen LogP contribution >= 0.6 is 0 Å². The number of nitriles is 1. The highest BCUT2D eigenvalue weighted by molar-refractivity contribution is 5.59. The van der Waals surface area contributed by atoms with Crippen LogP contribution in [0.1, 0.15) is 31.9 Å². The summed E-state index contributed by atoms with van der Waals surface area (Å²) in [5.41, 5.74) is 1.06. The summed E-state index contributed by atoms with van der Waals surface area (Å²) in [6, 6.07) is 5.05. The fraction of sp³-hybridized carbons (Fsp3) is 0.533. The average Bonchev–Trinajstić information content (AvgIpc) is 2.56. The van der Waals surface area contributed by atoms with Crippen molar-refractivity contribution in [2.45, 2.75) is 39.8 Å². The molecule has 1 heterocycles. The predicted molar refractivity (Wildman–Crippen MR) is 72.4 cm³/mol. The number of aliphatic hydroxyl groups is 1. The second kappa shape index (κ2) is 4.50. The van der Waals surface area contributed by atoms with Crippen LogP contribution in [0.2, 0.25) is 0 Å². The Morgan fingerprint density at radius 2 is 2.11 bits per heavy atom. The fourth-order valence-electron chi connectivity index (χ4n) is 2.88. The van der Waals surface area contributed by atoms with Crippen molar-refractivity contribution < 1.29 is 9.50 Å². The number of hydrogen-bond donors (Lipinski definition) is 1. The van der Waals surface area contributed by atoms with Gasteiger partial charge in [0.05, 0.1) is 17.7 Å². The van der Waals surface area contributed by atoms with Crippen molar-refractivity contribution in [1.29, 1.82) is 5.26 Å². The first kappa shape index (κ1) is 13.8. The van der Waals surface area contributed by atoms with E-state index in [1.807, 2.05) is 31.7 Å². The average molecular weight is 262 g/mol. The maximum absolute atomic E-state index is 14.0. The minimum absolute atomic E-state index is 0.0629. The first-order valence-electron chi connectivity index (χ1n) is 6.43. The molecule has 2 rings (SSSR count). The SMILES string of the molecule is Cc1c(N2CC(C)(C)[C@H](O)[C@H]2C)ccc(C#N)c1F. The Hall–Kier alpha value is -1.60. The molecule has 1 N–H and O–H groups in total. The van der Waals surface area contributed by atoms with E-state index in [-0.39, 0.29) is 17.0 Å². The molecule has 102 valence electrons. The van der Waals surface area contributed by atoms with E-state index in [1.54, 1.807) is 13.0 Å². The highest BCUT2D eigenvalue weighted by Crippen LogP contribution is 2.39. The van der Waals surface area contributed by atoms with Crippen molar-refractivity contribution in [1.82, 2.24) is 0 Å². The number of aliphatic hydroxyl groups excluding tert-OH is 1. The van der Waals surface area contributed by atoms with Crippen LogP contribution in [0.3, 0.4) is 0 Å². The van der Waals surface area contributed by atoms with Crippen molar-refractivity contribution in [2.24, 2.45) is 5.41 Å². The molecule has 0 unspecified atom stereocenters. The van der Waals surface area contributed by atoms with Crippen LogP contribution in [0.25, 0.3) is 0 Å². The summed E-state index contributed by atoms with van der Waals surface area (Å²) in [6.07, 6.45) is -0.453. The minimum Gasteiger partial charge on any atom is -0.390 e. The van der Waals surface area contributed by atoms with Crippen LogP contribution < -0.4 is 4.90 Å². The van der Waals surface area contributed by atoms with E-state index < -0.39 is 11.9 Å². The molecule has 2 atom stereocenters. The van der Waals surface area contributed by atoms with Gasteiger partial charge >= 0.3 is 0 Å². The van der Waals surface area contributed by atoms with Crippen molar-refractivity contribution >= 4 is 5.69 Å². The fourth-order valence-corrected chi connectivity index (χ4v) is 2.88. The molecular formula is C15H19FN2O. The van der Waals surface area contributed by atoms with Crippen molar-refractivity contribution in [3.05, 3.63) is 29.1 Å². The zero-order chi connectivity index (χ0) is 14.4. The summed E-state index contributed by atoms with van der Waals surface area (Å²) >= 11 is 0. The smallest absolute Gasteiger partial charge is 0.145 e. The number of rotatable bonds is 1. The molecule has 19 heavy (non-hydrogen) atoms. The molecule has 1 aromatic rings. The van der Waals surface area contributed by atoms with Gasteiger partial charge < -0.3 is 10.0 Å². The molecule has 0 radical (unpaired) electrons. The Labute approximate surface area is 113 Å². The first-order chi connectivity index (χ1) is 8.79. The molecule has 0 amide bonds. The van der Waals surface area contributed by atoms with E-state index in [9.17, 15) is 9.50 Å². The summed E-state index contributed by atoms with van der Waals surface area (Å²) in [5, 5.41) is 19.1. The van der Waals surface area contributed by atoms with E-state index >= 15 is 0 Å². The molecule has 0 aliphatic carbocycles. The normalized spacial score (nSPS) is 25.4. The summed E-state index contributed by atoms with van der Waals surface area (Å²) in [5.74, 6) is -0.466. The lowest BCUT2D eigenvalue weighted by Crippen LogP contribution is -2.34. The van der Waals surface area contributed by atoms with Gasteiger partial charge in [0.15, 0.2) is 0 Å². The molecule has 0 spiro atoms. The van der Waals surface area contributed by atoms with Crippen LogP contribution in [-0.2, 0) is 0 Å². The molecule has 0 bridgehead atoms. The van der Waals surface area contributed by atoms with Gasteiger partial charge in [-0.3, -0.25) is 0 Å². The second-order valence-electron chi connectivity index (χ2n) is 5.98. The Kier molecular flexibility index (Phi) is 3.27. The van der Waals surface area contributed by atoms with Gasteiger partial charge in [-0.25, -0.2) is 4.39 Å². The van der Waals surface area contributed by atoms with E-state index in [0.29, 0.717) is 12.1 Å². The largest absolute Gasteiger partial charge is 0.390 e. The number of halogens is 1. The predicted octanol–water partition coefficient (Wildman–Crippen LogP) is 2.60. The van der Waals surface area contributed by atoms with Gasteiger partial charge in [0.2, 0.25) is 0 Å². The summed E-state index contributed by atoms with van der Waals surface area (Å²) < 4.78 is 14.0. The van der Waals surface area contributed by atoms with Crippen LogP contribution in [0.15, 0.2) is 12.1 Å². The summed E-state index contributed by atoms with van der Waals surface area (Å²) in [6.45, 7) is 8.29. The van der Waals surface area contributed by atoms with Crippen molar-refractivity contribution in [2.75, 3.05) is 11.4 Å². The van der Waals surface area contributed by atoms with E-state index in [0.717, 1.165) is 5.69 Å². The molecule has 1 saturated heterocycles. The number of benzene rings is 1. The third-order valence-corrected chi connectivity index (χ3v) is 4.11. The van der Waals surface area contributed by atoms with E-state index in [1.165, 1.54) is 6.07 Å². The molecule has 1 aromatic carbocycles. The summed E-state index contributed by atoms with van der Waals surface area (Å²) in [4.78, 5) is 2.02. The number of hydrogen-bond acceptors (Lipinski definition) is 3. The quantitative estimate of drug-likeness (QED) is 0.846. The third kappa shape index (κ3) is 2.08. The Bertz CT molecular complexity index is 548. The van der Waals surface area contributed by atoms with Crippen LogP contribution in [0.4, 0.5) is 10.1 Å². The van der Waals surface area contributed by atoms with Gasteiger partial charge in [0.1, 0.15) is 11.9 Å². The maximum Gasteiger partial charge on any atom is 0.145 e. The van der Waals surface area contributed by atoms with Crippen molar-refractivity contribution in [3.63, 3.8) is 0 Å². The lowest BCUT2D eigenvalue weighted by Gasteiger charge is -2.26. The van der Waals surface area contributed by atoms with Gasteiger partial charge in [-0.1, -0.05) is 13.8 Å². The molecule has 3 nitrogen and oxygen atoms in total. The second-order valence-corrected chi connectivity index (χ2v) is 5.98. The summed E-state index contributed by atoms with van der Waals surface area (Å²) in [7, 11) is 0. The monoisotopic (exact) mass is 262 g/mol. The first-order valence-corrected chi connectivity index (χ1v) is 6.43. The molecular weight excluding hydrogens is 243 g/mol. The number of nitrogens with zero attached hydrogens (tertiary/aromatic N) is 2.